The van der Waals surface area contributed by atoms with Gasteiger partial charge >= 0.3 is 0 Å². The average Bonchev–Trinajstić information content (AvgIpc) is 2.85. The Morgan fingerprint density at radius 1 is 1.44 bits per heavy atom. The molecule has 1 aromatic carbocycles. The molecule has 18 heavy (non-hydrogen) atoms. The van der Waals surface area contributed by atoms with Crippen LogP contribution in [-0.4, -0.2) is 17.6 Å². The lowest BCUT2D eigenvalue weighted by Gasteiger charge is -2.08. The summed E-state index contributed by atoms with van der Waals surface area (Å²) in [6.07, 6.45) is 6.74. The van der Waals surface area contributed by atoms with Crippen LogP contribution in [0, 0.1) is 6.92 Å². The minimum atomic E-state index is -0.199. The highest BCUT2D eigenvalue weighted by atomic mass is 16.3. The Morgan fingerprint density at radius 2 is 2.28 bits per heavy atom. The summed E-state index contributed by atoms with van der Waals surface area (Å²) in [4.78, 5) is 11.9. The first kappa shape index (κ1) is 12.7. The number of hydrogen-bond donors (Lipinski definition) is 2. The standard InChI is InChI=1S/C15H19NO2/c1-11-6-7-14(17)13(10-11)15(18)16-9-8-12-4-2-3-5-12/h4,6-7,10,17H,2-3,5,8-9H2,1H3,(H,16,18). The Labute approximate surface area is 108 Å². The fourth-order valence-corrected chi connectivity index (χ4v) is 2.23. The summed E-state index contributed by atoms with van der Waals surface area (Å²) in [6, 6.07) is 5.05. The molecule has 1 aliphatic rings. The van der Waals surface area contributed by atoms with Crippen LogP contribution in [0.25, 0.3) is 0 Å². The summed E-state index contributed by atoms with van der Waals surface area (Å²) in [5, 5.41) is 12.5. The summed E-state index contributed by atoms with van der Waals surface area (Å²) in [6.45, 7) is 2.54. The van der Waals surface area contributed by atoms with E-state index in [-0.39, 0.29) is 11.7 Å². The van der Waals surface area contributed by atoms with Crippen LogP contribution < -0.4 is 5.32 Å². The third kappa shape index (κ3) is 3.13. The third-order valence-corrected chi connectivity index (χ3v) is 3.26. The van der Waals surface area contributed by atoms with E-state index in [4.69, 9.17) is 0 Å². The monoisotopic (exact) mass is 245 g/mol. The van der Waals surface area contributed by atoms with E-state index in [1.165, 1.54) is 18.4 Å². The highest BCUT2D eigenvalue weighted by molar-refractivity contribution is 5.96. The van der Waals surface area contributed by atoms with Crippen LogP contribution in [0.4, 0.5) is 0 Å². The molecule has 0 bridgehead atoms. The Kier molecular flexibility index (Phi) is 4.03. The molecule has 1 aliphatic carbocycles. The molecule has 0 radical (unpaired) electrons. The van der Waals surface area contributed by atoms with E-state index >= 15 is 0 Å². The maximum absolute atomic E-state index is 11.9. The number of allylic oxidation sites excluding steroid dienone is 1. The van der Waals surface area contributed by atoms with Gasteiger partial charge in [0.25, 0.3) is 5.91 Å². The minimum absolute atomic E-state index is 0.0400. The number of carbonyl (C=O) groups is 1. The van der Waals surface area contributed by atoms with Crippen molar-refractivity contribution in [3.63, 3.8) is 0 Å². The van der Waals surface area contributed by atoms with E-state index in [0.717, 1.165) is 18.4 Å². The van der Waals surface area contributed by atoms with Gasteiger partial charge < -0.3 is 10.4 Å². The molecule has 3 nitrogen and oxygen atoms in total. The number of benzene rings is 1. The van der Waals surface area contributed by atoms with Crippen molar-refractivity contribution < 1.29 is 9.90 Å². The van der Waals surface area contributed by atoms with Gasteiger partial charge in [0.15, 0.2) is 0 Å². The molecule has 1 aromatic rings. The van der Waals surface area contributed by atoms with E-state index < -0.39 is 0 Å². The predicted molar refractivity (Wildman–Crippen MR) is 71.7 cm³/mol. The molecule has 0 fully saturated rings. The number of aryl methyl sites for hydroxylation is 1. The highest BCUT2D eigenvalue weighted by Crippen LogP contribution is 2.20. The molecule has 0 saturated heterocycles. The van der Waals surface area contributed by atoms with Crippen LogP contribution in [0.1, 0.15) is 41.6 Å². The summed E-state index contributed by atoms with van der Waals surface area (Å²) < 4.78 is 0. The maximum Gasteiger partial charge on any atom is 0.255 e. The third-order valence-electron chi connectivity index (χ3n) is 3.26. The van der Waals surface area contributed by atoms with Crippen LogP contribution in [0.5, 0.6) is 5.75 Å². The lowest BCUT2D eigenvalue weighted by molar-refractivity contribution is 0.0951. The van der Waals surface area contributed by atoms with Crippen molar-refractivity contribution in [3.05, 3.63) is 41.0 Å². The SMILES string of the molecule is Cc1ccc(O)c(C(=O)NCCC2=CCCC2)c1. The molecule has 0 aliphatic heterocycles. The maximum atomic E-state index is 11.9. The largest absolute Gasteiger partial charge is 0.507 e. The van der Waals surface area contributed by atoms with E-state index in [1.54, 1.807) is 18.2 Å². The second kappa shape index (κ2) is 5.71. The number of rotatable bonds is 4. The molecule has 96 valence electrons. The van der Waals surface area contributed by atoms with Crippen molar-refractivity contribution >= 4 is 5.91 Å². The van der Waals surface area contributed by atoms with E-state index in [0.29, 0.717) is 12.1 Å². The zero-order chi connectivity index (χ0) is 13.0. The summed E-state index contributed by atoms with van der Waals surface area (Å²) in [5.74, 6) is -0.159. The van der Waals surface area contributed by atoms with Gasteiger partial charge in [-0.2, -0.15) is 0 Å². The van der Waals surface area contributed by atoms with Crippen LogP contribution in [0.2, 0.25) is 0 Å². The molecule has 3 heteroatoms. The van der Waals surface area contributed by atoms with Gasteiger partial charge in [-0.15, -0.1) is 0 Å². The van der Waals surface area contributed by atoms with Gasteiger partial charge in [-0.1, -0.05) is 23.3 Å². The molecule has 0 unspecified atom stereocenters. The molecular weight excluding hydrogens is 226 g/mol. The lowest BCUT2D eigenvalue weighted by atomic mass is 10.1. The lowest BCUT2D eigenvalue weighted by Crippen LogP contribution is -2.24. The summed E-state index contributed by atoms with van der Waals surface area (Å²) >= 11 is 0. The topological polar surface area (TPSA) is 49.3 Å². The number of phenols is 1. The van der Waals surface area contributed by atoms with E-state index in [9.17, 15) is 9.90 Å². The van der Waals surface area contributed by atoms with Crippen LogP contribution in [0.15, 0.2) is 29.8 Å². The Morgan fingerprint density at radius 3 is 3.00 bits per heavy atom. The molecule has 0 spiro atoms. The molecule has 1 amide bonds. The number of phenolic OH excluding ortho intramolecular Hbond substituents is 1. The van der Waals surface area contributed by atoms with Crippen molar-refractivity contribution in [2.45, 2.75) is 32.6 Å². The first-order chi connectivity index (χ1) is 8.66. The van der Waals surface area contributed by atoms with Gasteiger partial charge in [0.2, 0.25) is 0 Å². The van der Waals surface area contributed by atoms with Crippen molar-refractivity contribution in [1.82, 2.24) is 5.32 Å². The first-order valence-corrected chi connectivity index (χ1v) is 6.42. The zero-order valence-electron chi connectivity index (χ0n) is 10.7. The molecular formula is C15H19NO2. The zero-order valence-corrected chi connectivity index (χ0v) is 10.7. The van der Waals surface area contributed by atoms with E-state index in [2.05, 4.69) is 11.4 Å². The molecule has 0 saturated carbocycles. The number of amides is 1. The minimum Gasteiger partial charge on any atom is -0.507 e. The smallest absolute Gasteiger partial charge is 0.255 e. The van der Waals surface area contributed by atoms with Crippen molar-refractivity contribution in [1.29, 1.82) is 0 Å². The van der Waals surface area contributed by atoms with Gasteiger partial charge in [-0.3, -0.25) is 4.79 Å². The van der Waals surface area contributed by atoms with Crippen LogP contribution >= 0.6 is 0 Å². The number of hydrogen-bond acceptors (Lipinski definition) is 2. The molecule has 0 aromatic heterocycles. The molecule has 2 rings (SSSR count). The number of aromatic hydroxyl groups is 1. The Balaban J connectivity index is 1.89. The van der Waals surface area contributed by atoms with Crippen molar-refractivity contribution in [3.8, 4) is 5.75 Å². The molecule has 0 atom stereocenters. The second-order valence-corrected chi connectivity index (χ2v) is 4.78. The van der Waals surface area contributed by atoms with Gasteiger partial charge in [-0.25, -0.2) is 0 Å². The van der Waals surface area contributed by atoms with Gasteiger partial charge in [0.1, 0.15) is 5.75 Å². The normalized spacial score (nSPS) is 14.4. The predicted octanol–water partition coefficient (Wildman–Crippen LogP) is 2.93. The first-order valence-electron chi connectivity index (χ1n) is 6.42. The van der Waals surface area contributed by atoms with Gasteiger partial charge in [-0.05, 0) is 44.7 Å². The Hall–Kier alpha value is -1.77. The summed E-state index contributed by atoms with van der Waals surface area (Å²) in [5.41, 5.74) is 2.76. The van der Waals surface area contributed by atoms with Crippen molar-refractivity contribution in [2.75, 3.05) is 6.54 Å². The highest BCUT2D eigenvalue weighted by Gasteiger charge is 2.11. The summed E-state index contributed by atoms with van der Waals surface area (Å²) in [7, 11) is 0. The fourth-order valence-electron chi connectivity index (χ4n) is 2.23. The average molecular weight is 245 g/mol. The number of carbonyl (C=O) groups excluding carboxylic acids is 1. The number of nitrogens with one attached hydrogen (secondary N) is 1. The van der Waals surface area contributed by atoms with Crippen molar-refractivity contribution in [2.24, 2.45) is 0 Å². The molecule has 2 N–H and O–H groups in total. The van der Waals surface area contributed by atoms with Crippen LogP contribution in [-0.2, 0) is 0 Å². The van der Waals surface area contributed by atoms with Gasteiger partial charge in [0, 0.05) is 6.54 Å². The second-order valence-electron chi connectivity index (χ2n) is 4.78. The quantitative estimate of drug-likeness (QED) is 0.801. The fraction of sp³-hybridized carbons (Fsp3) is 0.400. The van der Waals surface area contributed by atoms with E-state index in [1.807, 2.05) is 6.92 Å². The van der Waals surface area contributed by atoms with Gasteiger partial charge in [0.05, 0.1) is 5.56 Å². The Bertz CT molecular complexity index is 477. The molecule has 0 heterocycles. The van der Waals surface area contributed by atoms with Crippen LogP contribution in [0.3, 0.4) is 0 Å².